The van der Waals surface area contributed by atoms with Crippen LogP contribution in [0, 0.1) is 0 Å². The summed E-state index contributed by atoms with van der Waals surface area (Å²) in [6.45, 7) is 3.87. The molecule has 0 spiro atoms. The highest BCUT2D eigenvalue weighted by molar-refractivity contribution is 7.90. The van der Waals surface area contributed by atoms with Gasteiger partial charge in [0.25, 0.3) is 5.91 Å². The number of hydrogen-bond acceptors (Lipinski definition) is 5. The van der Waals surface area contributed by atoms with E-state index in [4.69, 9.17) is 0 Å². The van der Waals surface area contributed by atoms with Crippen LogP contribution in [-0.4, -0.2) is 58.5 Å². The first-order valence-corrected chi connectivity index (χ1v) is 9.85. The Morgan fingerprint density at radius 1 is 1.46 bits per heavy atom. The highest BCUT2D eigenvalue weighted by Gasteiger charge is 2.32. The summed E-state index contributed by atoms with van der Waals surface area (Å²) in [6, 6.07) is 1.73. The number of aromatic amines is 1. The molecule has 0 radical (unpaired) electrons. The van der Waals surface area contributed by atoms with Crippen LogP contribution in [-0.2, 0) is 16.4 Å². The van der Waals surface area contributed by atoms with E-state index in [-0.39, 0.29) is 16.7 Å². The van der Waals surface area contributed by atoms with E-state index in [9.17, 15) is 13.2 Å². The van der Waals surface area contributed by atoms with E-state index in [2.05, 4.69) is 22.2 Å². The number of H-pyrrole nitrogens is 1. The van der Waals surface area contributed by atoms with Crippen molar-refractivity contribution >= 4 is 15.7 Å². The second kappa shape index (κ2) is 6.39. The third kappa shape index (κ3) is 3.21. The Bertz CT molecular complexity index is 839. The Labute approximate surface area is 140 Å². The van der Waals surface area contributed by atoms with Crippen LogP contribution in [0.2, 0.25) is 0 Å². The molecule has 0 saturated carbocycles. The molecule has 1 atom stereocenters. The van der Waals surface area contributed by atoms with Crippen LogP contribution in [0.15, 0.2) is 23.4 Å². The van der Waals surface area contributed by atoms with Crippen molar-refractivity contribution in [1.29, 1.82) is 0 Å². The lowest BCUT2D eigenvalue weighted by atomic mass is 10.1. The summed E-state index contributed by atoms with van der Waals surface area (Å²) in [5, 5.41) is 10.9. The highest BCUT2D eigenvalue weighted by atomic mass is 32.2. The second-order valence-corrected chi connectivity index (χ2v) is 8.11. The zero-order valence-electron chi connectivity index (χ0n) is 13.8. The lowest BCUT2D eigenvalue weighted by Gasteiger charge is -2.15. The zero-order chi connectivity index (χ0) is 17.3. The van der Waals surface area contributed by atoms with Gasteiger partial charge in [-0.25, -0.2) is 8.42 Å². The molecule has 1 aliphatic heterocycles. The van der Waals surface area contributed by atoms with Gasteiger partial charge in [-0.2, -0.15) is 10.2 Å². The number of nitrogens with zero attached hydrogens (tertiary/aromatic N) is 4. The van der Waals surface area contributed by atoms with E-state index in [1.807, 2.05) is 0 Å². The number of likely N-dealkylation sites (tertiary alicyclic amines) is 1. The Morgan fingerprint density at radius 3 is 2.96 bits per heavy atom. The maximum absolute atomic E-state index is 12.6. The number of carbonyl (C=O) groups excluding carboxylic acids is 1. The summed E-state index contributed by atoms with van der Waals surface area (Å²) in [5.41, 5.74) is 1.02. The molecule has 1 N–H and O–H groups in total. The van der Waals surface area contributed by atoms with Gasteiger partial charge in [-0.1, -0.05) is 6.92 Å². The molecule has 1 aliphatic rings. The van der Waals surface area contributed by atoms with Gasteiger partial charge < -0.3 is 4.90 Å². The Balaban J connectivity index is 1.73. The van der Waals surface area contributed by atoms with Gasteiger partial charge in [0.15, 0.2) is 9.84 Å². The van der Waals surface area contributed by atoms with E-state index >= 15 is 0 Å². The molecule has 3 heterocycles. The van der Waals surface area contributed by atoms with Crippen LogP contribution >= 0.6 is 0 Å². The van der Waals surface area contributed by atoms with Gasteiger partial charge in [0.1, 0.15) is 10.6 Å². The molecule has 24 heavy (non-hydrogen) atoms. The third-order valence-electron chi connectivity index (χ3n) is 4.23. The van der Waals surface area contributed by atoms with Crippen molar-refractivity contribution in [1.82, 2.24) is 24.9 Å². The number of carbonyl (C=O) groups is 1. The predicted octanol–water partition coefficient (Wildman–Crippen LogP) is 1.05. The van der Waals surface area contributed by atoms with Crippen molar-refractivity contribution < 1.29 is 13.2 Å². The Hall–Kier alpha value is -2.16. The molecule has 0 unspecified atom stereocenters. The van der Waals surface area contributed by atoms with E-state index in [0.29, 0.717) is 30.9 Å². The van der Waals surface area contributed by atoms with Gasteiger partial charge in [0.2, 0.25) is 0 Å². The maximum Gasteiger partial charge on any atom is 0.274 e. The quantitative estimate of drug-likeness (QED) is 0.868. The number of aryl methyl sites for hydroxylation is 1. The van der Waals surface area contributed by atoms with Gasteiger partial charge >= 0.3 is 0 Å². The standard InChI is InChI=1S/C15H21N5O3S/c1-3-6-20-8-5-12(18-20)15(21)19-7-4-11(10-19)14-13(9-16-17-14)24(2,22)23/h5,8-9,11H,3-4,6-7,10H2,1-2H3,(H,16,17)/t11-/m1/s1. The van der Waals surface area contributed by atoms with Gasteiger partial charge in [0.05, 0.1) is 11.9 Å². The normalized spacial score (nSPS) is 18.2. The number of nitrogens with one attached hydrogen (secondary N) is 1. The molecule has 1 fully saturated rings. The topological polar surface area (TPSA) is 101 Å². The first-order chi connectivity index (χ1) is 11.4. The average Bonchev–Trinajstić information content (AvgIpc) is 3.25. The number of hydrogen-bond donors (Lipinski definition) is 1. The minimum Gasteiger partial charge on any atom is -0.337 e. The first-order valence-electron chi connectivity index (χ1n) is 7.96. The van der Waals surface area contributed by atoms with Crippen molar-refractivity contribution in [2.24, 2.45) is 0 Å². The van der Waals surface area contributed by atoms with Gasteiger partial charge in [-0.05, 0) is 18.9 Å². The van der Waals surface area contributed by atoms with E-state index in [1.54, 1.807) is 21.8 Å². The number of sulfone groups is 1. The van der Waals surface area contributed by atoms with Crippen LogP contribution < -0.4 is 0 Å². The van der Waals surface area contributed by atoms with Crippen LogP contribution in [0.4, 0.5) is 0 Å². The van der Waals surface area contributed by atoms with Gasteiger partial charge in [-0.3, -0.25) is 14.6 Å². The van der Waals surface area contributed by atoms with Crippen molar-refractivity contribution in [3.8, 4) is 0 Å². The summed E-state index contributed by atoms with van der Waals surface area (Å²) < 4.78 is 25.4. The molecule has 2 aromatic rings. The fraction of sp³-hybridized carbons (Fsp3) is 0.533. The van der Waals surface area contributed by atoms with Crippen LogP contribution in [0.1, 0.15) is 41.9 Å². The number of aromatic nitrogens is 4. The lowest BCUT2D eigenvalue weighted by molar-refractivity contribution is 0.0783. The molecule has 3 rings (SSSR count). The smallest absolute Gasteiger partial charge is 0.274 e. The molecule has 1 amide bonds. The largest absolute Gasteiger partial charge is 0.337 e. The third-order valence-corrected chi connectivity index (χ3v) is 5.35. The minimum absolute atomic E-state index is 0.0566. The van der Waals surface area contributed by atoms with E-state index in [1.165, 1.54) is 12.5 Å². The monoisotopic (exact) mass is 351 g/mol. The van der Waals surface area contributed by atoms with Gasteiger partial charge in [0, 0.05) is 38.0 Å². The fourth-order valence-corrected chi connectivity index (χ4v) is 3.90. The summed E-state index contributed by atoms with van der Waals surface area (Å²) in [5.74, 6) is -0.174. The molecule has 1 saturated heterocycles. The molecule has 2 aromatic heterocycles. The first kappa shape index (κ1) is 16.7. The number of rotatable bonds is 5. The van der Waals surface area contributed by atoms with Crippen LogP contribution in [0.25, 0.3) is 0 Å². The fourth-order valence-electron chi connectivity index (χ4n) is 3.04. The zero-order valence-corrected chi connectivity index (χ0v) is 14.6. The summed E-state index contributed by atoms with van der Waals surface area (Å²) in [7, 11) is -3.33. The summed E-state index contributed by atoms with van der Waals surface area (Å²) in [4.78, 5) is 14.5. The maximum atomic E-state index is 12.6. The molecule has 8 nitrogen and oxygen atoms in total. The molecule has 0 aliphatic carbocycles. The lowest BCUT2D eigenvalue weighted by Crippen LogP contribution is -2.29. The van der Waals surface area contributed by atoms with Crippen molar-refractivity contribution in [2.45, 2.75) is 37.1 Å². The summed E-state index contributed by atoms with van der Waals surface area (Å²) in [6.07, 6.45) is 5.96. The molecule has 0 aromatic carbocycles. The van der Waals surface area contributed by atoms with Crippen molar-refractivity contribution in [3.05, 3.63) is 29.8 Å². The Morgan fingerprint density at radius 2 is 2.25 bits per heavy atom. The van der Waals surface area contributed by atoms with E-state index < -0.39 is 9.84 Å². The minimum atomic E-state index is -3.33. The summed E-state index contributed by atoms with van der Waals surface area (Å²) >= 11 is 0. The molecule has 9 heteroatoms. The van der Waals surface area contributed by atoms with Crippen LogP contribution in [0.3, 0.4) is 0 Å². The van der Waals surface area contributed by atoms with Crippen molar-refractivity contribution in [3.63, 3.8) is 0 Å². The predicted molar refractivity (Wildman–Crippen MR) is 87.5 cm³/mol. The van der Waals surface area contributed by atoms with Crippen LogP contribution in [0.5, 0.6) is 0 Å². The number of amides is 1. The SMILES string of the molecule is CCCn1ccc(C(=O)N2CC[C@@H](c3[nH]ncc3S(C)(=O)=O)C2)n1. The highest BCUT2D eigenvalue weighted by Crippen LogP contribution is 2.30. The molecular weight excluding hydrogens is 330 g/mol. The van der Waals surface area contributed by atoms with E-state index in [0.717, 1.165) is 13.0 Å². The molecule has 0 bridgehead atoms. The second-order valence-electron chi connectivity index (χ2n) is 6.12. The average molecular weight is 351 g/mol. The molecular formula is C15H21N5O3S. The Kier molecular flexibility index (Phi) is 4.44. The van der Waals surface area contributed by atoms with Gasteiger partial charge in [-0.15, -0.1) is 0 Å². The molecule has 130 valence electrons. The van der Waals surface area contributed by atoms with Crippen molar-refractivity contribution in [2.75, 3.05) is 19.3 Å².